The minimum atomic E-state index is -3.63. The van der Waals surface area contributed by atoms with E-state index in [1.807, 2.05) is 42.1 Å². The first-order valence-corrected chi connectivity index (χ1v) is 10.3. The summed E-state index contributed by atoms with van der Waals surface area (Å²) >= 11 is 0. The number of hydrogen-bond donors (Lipinski definition) is 1. The maximum absolute atomic E-state index is 13.0. The smallest absolute Gasteiger partial charge is 0.280 e. The summed E-state index contributed by atoms with van der Waals surface area (Å²) < 4.78 is 37.6. The van der Waals surface area contributed by atoms with E-state index in [0.29, 0.717) is 24.7 Å². The van der Waals surface area contributed by atoms with E-state index < -0.39 is 16.3 Å². The third-order valence-electron chi connectivity index (χ3n) is 4.72. The number of imidazole rings is 1. The van der Waals surface area contributed by atoms with E-state index in [9.17, 15) is 8.42 Å². The van der Waals surface area contributed by atoms with Gasteiger partial charge in [-0.05, 0) is 30.5 Å². The molecule has 2 aromatic rings. The average molecular weight is 378 g/mol. The van der Waals surface area contributed by atoms with Gasteiger partial charge < -0.3 is 9.30 Å². The van der Waals surface area contributed by atoms with Gasteiger partial charge in [-0.1, -0.05) is 25.0 Å². The number of aryl methyl sites for hydroxylation is 1. The second-order valence-corrected chi connectivity index (χ2v) is 8.24. The maximum Gasteiger partial charge on any atom is 0.280 e. The predicted octanol–water partition coefficient (Wildman–Crippen LogP) is 2.23. The molecule has 2 heterocycles. The first kappa shape index (κ1) is 18.9. The van der Waals surface area contributed by atoms with Crippen molar-refractivity contribution < 1.29 is 13.2 Å². The first-order chi connectivity index (χ1) is 12.5. The molecule has 1 saturated heterocycles. The summed E-state index contributed by atoms with van der Waals surface area (Å²) in [6.07, 6.45) is 7.42. The third kappa shape index (κ3) is 4.25. The summed E-state index contributed by atoms with van der Waals surface area (Å²) in [5.41, 5.74) is 0.789. The number of methoxy groups -OCH3 is 1. The van der Waals surface area contributed by atoms with Gasteiger partial charge in [0.05, 0.1) is 7.11 Å². The highest BCUT2D eigenvalue weighted by molar-refractivity contribution is 7.87. The van der Waals surface area contributed by atoms with Crippen LogP contribution in [0.4, 0.5) is 0 Å². The Bertz CT molecular complexity index is 826. The van der Waals surface area contributed by atoms with Crippen molar-refractivity contribution in [2.24, 2.45) is 7.05 Å². The highest BCUT2D eigenvalue weighted by Crippen LogP contribution is 2.26. The number of nitrogens with zero attached hydrogens (tertiary/aromatic N) is 3. The van der Waals surface area contributed by atoms with Crippen LogP contribution in [-0.2, 0) is 17.3 Å². The normalized spacial score (nSPS) is 17.6. The maximum atomic E-state index is 13.0. The van der Waals surface area contributed by atoms with Gasteiger partial charge in [-0.3, -0.25) is 0 Å². The highest BCUT2D eigenvalue weighted by Gasteiger charge is 2.29. The molecule has 8 heteroatoms. The van der Waals surface area contributed by atoms with E-state index in [1.54, 1.807) is 17.6 Å². The average Bonchev–Trinajstić information content (AvgIpc) is 2.88. The molecule has 0 amide bonds. The Kier molecular flexibility index (Phi) is 5.95. The van der Waals surface area contributed by atoms with E-state index in [-0.39, 0.29) is 0 Å². The van der Waals surface area contributed by atoms with Crippen LogP contribution in [0, 0.1) is 0 Å². The molecule has 1 N–H and O–H groups in total. The summed E-state index contributed by atoms with van der Waals surface area (Å²) in [5.74, 6) is 1.31. The fraction of sp³-hybridized carbons (Fsp3) is 0.500. The molecule has 0 aliphatic carbocycles. The van der Waals surface area contributed by atoms with Crippen LogP contribution in [0.5, 0.6) is 5.75 Å². The van der Waals surface area contributed by atoms with Gasteiger partial charge >= 0.3 is 0 Å². The molecule has 0 bridgehead atoms. The summed E-state index contributed by atoms with van der Waals surface area (Å²) in [4.78, 5) is 4.37. The monoisotopic (exact) mass is 378 g/mol. The highest BCUT2D eigenvalue weighted by atomic mass is 32.2. The molecule has 142 valence electrons. The van der Waals surface area contributed by atoms with Gasteiger partial charge in [0.15, 0.2) is 0 Å². The quantitative estimate of drug-likeness (QED) is 0.836. The van der Waals surface area contributed by atoms with Crippen LogP contribution in [-0.4, -0.2) is 42.5 Å². The summed E-state index contributed by atoms with van der Waals surface area (Å²) in [6.45, 7) is 1.11. The molecule has 1 aromatic heterocycles. The van der Waals surface area contributed by atoms with Crippen molar-refractivity contribution in [2.45, 2.75) is 31.7 Å². The Morgan fingerprint density at radius 2 is 1.92 bits per heavy atom. The largest absolute Gasteiger partial charge is 0.497 e. The lowest BCUT2D eigenvalue weighted by atomic mass is 10.1. The van der Waals surface area contributed by atoms with Crippen molar-refractivity contribution in [1.82, 2.24) is 18.6 Å². The standard InChI is InChI=1S/C18H26N4O3S/c1-21-13-10-19-18(21)17(15-8-7-9-16(14-15)25-2)20-26(23,24)22-11-5-3-4-6-12-22/h7-10,13-14,17,20H,3-6,11-12H2,1-2H3. The van der Waals surface area contributed by atoms with Gasteiger partial charge in [-0.25, -0.2) is 4.98 Å². The van der Waals surface area contributed by atoms with Crippen LogP contribution in [0.2, 0.25) is 0 Å². The number of aromatic nitrogens is 2. The van der Waals surface area contributed by atoms with E-state index in [2.05, 4.69) is 9.71 Å². The molecule has 1 aliphatic rings. The second kappa shape index (κ2) is 8.20. The van der Waals surface area contributed by atoms with Crippen molar-refractivity contribution in [3.8, 4) is 5.75 Å². The molecule has 1 unspecified atom stereocenters. The fourth-order valence-electron chi connectivity index (χ4n) is 3.25. The lowest BCUT2D eigenvalue weighted by Crippen LogP contribution is -2.43. The van der Waals surface area contributed by atoms with Crippen LogP contribution in [0.3, 0.4) is 0 Å². The molecule has 1 aliphatic heterocycles. The SMILES string of the molecule is COc1cccc(C(NS(=O)(=O)N2CCCCCC2)c2nccn2C)c1. The van der Waals surface area contributed by atoms with Crippen LogP contribution in [0.15, 0.2) is 36.7 Å². The zero-order valence-electron chi connectivity index (χ0n) is 15.3. The Hall–Kier alpha value is -1.90. The molecule has 0 saturated carbocycles. The number of rotatable bonds is 6. The van der Waals surface area contributed by atoms with E-state index in [1.165, 1.54) is 0 Å². The Labute approximate surface area is 155 Å². The van der Waals surface area contributed by atoms with Gasteiger partial charge in [0.1, 0.15) is 17.6 Å². The minimum absolute atomic E-state index is 0.556. The first-order valence-electron chi connectivity index (χ1n) is 8.90. The van der Waals surface area contributed by atoms with E-state index in [0.717, 1.165) is 31.2 Å². The van der Waals surface area contributed by atoms with Gasteiger partial charge in [0.2, 0.25) is 0 Å². The zero-order chi connectivity index (χ0) is 18.6. The number of ether oxygens (including phenoxy) is 1. The molecular weight excluding hydrogens is 352 g/mol. The molecule has 1 fully saturated rings. The molecule has 3 rings (SSSR count). The lowest BCUT2D eigenvalue weighted by Gasteiger charge is -2.25. The van der Waals surface area contributed by atoms with Crippen molar-refractivity contribution in [2.75, 3.05) is 20.2 Å². The Morgan fingerprint density at radius 3 is 2.54 bits per heavy atom. The molecule has 1 atom stereocenters. The summed E-state index contributed by atoms with van der Waals surface area (Å²) in [7, 11) is -0.177. The fourth-order valence-corrected chi connectivity index (χ4v) is 4.68. The van der Waals surface area contributed by atoms with E-state index >= 15 is 0 Å². The molecule has 1 aromatic carbocycles. The summed E-state index contributed by atoms with van der Waals surface area (Å²) in [5, 5.41) is 0. The summed E-state index contributed by atoms with van der Waals surface area (Å²) in [6, 6.07) is 6.82. The van der Waals surface area contributed by atoms with E-state index in [4.69, 9.17) is 4.74 Å². The zero-order valence-corrected chi connectivity index (χ0v) is 16.1. The molecular formula is C18H26N4O3S. The molecule has 0 radical (unpaired) electrons. The predicted molar refractivity (Wildman–Crippen MR) is 100 cm³/mol. The molecule has 0 spiro atoms. The Balaban J connectivity index is 1.94. The number of hydrogen-bond acceptors (Lipinski definition) is 4. The Morgan fingerprint density at radius 1 is 1.19 bits per heavy atom. The minimum Gasteiger partial charge on any atom is -0.497 e. The van der Waals surface area contributed by atoms with Crippen LogP contribution in [0.1, 0.15) is 43.1 Å². The van der Waals surface area contributed by atoms with Crippen LogP contribution < -0.4 is 9.46 Å². The van der Waals surface area contributed by atoms with Gasteiger partial charge in [0, 0.05) is 32.5 Å². The number of benzene rings is 1. The van der Waals surface area contributed by atoms with Crippen molar-refractivity contribution in [3.63, 3.8) is 0 Å². The molecule has 26 heavy (non-hydrogen) atoms. The third-order valence-corrected chi connectivity index (χ3v) is 6.29. The van der Waals surface area contributed by atoms with Gasteiger partial charge in [-0.2, -0.15) is 17.4 Å². The van der Waals surface area contributed by atoms with Crippen LogP contribution in [0.25, 0.3) is 0 Å². The van der Waals surface area contributed by atoms with Crippen molar-refractivity contribution in [1.29, 1.82) is 0 Å². The van der Waals surface area contributed by atoms with Gasteiger partial charge in [-0.15, -0.1) is 0 Å². The second-order valence-electron chi connectivity index (χ2n) is 6.54. The van der Waals surface area contributed by atoms with Gasteiger partial charge in [0.25, 0.3) is 10.2 Å². The van der Waals surface area contributed by atoms with Crippen LogP contribution >= 0.6 is 0 Å². The van der Waals surface area contributed by atoms with Crippen molar-refractivity contribution in [3.05, 3.63) is 48.0 Å². The number of nitrogens with one attached hydrogen (secondary N) is 1. The lowest BCUT2D eigenvalue weighted by molar-refractivity contribution is 0.407. The topological polar surface area (TPSA) is 76.5 Å². The van der Waals surface area contributed by atoms with Crippen molar-refractivity contribution >= 4 is 10.2 Å². The molecule has 7 nitrogen and oxygen atoms in total.